The quantitative estimate of drug-likeness (QED) is 0.571. The number of carbonyl (C=O) groups is 1. The maximum Gasteiger partial charge on any atom is 0.306 e. The van der Waals surface area contributed by atoms with E-state index in [1.165, 1.54) is 0 Å². The number of rotatable bonds is 9. The Bertz CT molecular complexity index is 182. The fourth-order valence-electron chi connectivity index (χ4n) is 1.25. The van der Waals surface area contributed by atoms with Crippen LogP contribution in [0.25, 0.3) is 0 Å². The summed E-state index contributed by atoms with van der Waals surface area (Å²) in [7, 11) is 0. The lowest BCUT2D eigenvalue weighted by Gasteiger charge is -2.16. The molecule has 0 aromatic rings. The van der Waals surface area contributed by atoms with Crippen LogP contribution in [0.1, 0.15) is 40.5 Å². The van der Waals surface area contributed by atoms with E-state index < -0.39 is 0 Å². The summed E-state index contributed by atoms with van der Waals surface area (Å²) in [5.74, 6) is -0.156. The van der Waals surface area contributed by atoms with E-state index >= 15 is 0 Å². The van der Waals surface area contributed by atoms with Crippen LogP contribution >= 0.6 is 0 Å². The molecule has 4 nitrogen and oxygen atoms in total. The molecule has 0 heterocycles. The van der Waals surface area contributed by atoms with E-state index in [4.69, 9.17) is 14.2 Å². The van der Waals surface area contributed by atoms with Crippen molar-refractivity contribution in [3.05, 3.63) is 0 Å². The Balaban J connectivity index is 3.49. The summed E-state index contributed by atoms with van der Waals surface area (Å²) in [5, 5.41) is 0. The van der Waals surface area contributed by atoms with Crippen LogP contribution in [0.15, 0.2) is 0 Å². The summed E-state index contributed by atoms with van der Waals surface area (Å²) in [4.78, 5) is 11.2. The topological polar surface area (TPSA) is 44.8 Å². The number of ether oxygens (including phenoxy) is 3. The highest BCUT2D eigenvalue weighted by Crippen LogP contribution is 1.99. The molecular formula is C12H24O4. The molecule has 0 radical (unpaired) electrons. The van der Waals surface area contributed by atoms with Gasteiger partial charge in [-0.25, -0.2) is 0 Å². The monoisotopic (exact) mass is 232 g/mol. The van der Waals surface area contributed by atoms with Crippen LogP contribution in [0.3, 0.4) is 0 Å². The Morgan fingerprint density at radius 3 is 2.31 bits per heavy atom. The first kappa shape index (κ1) is 15.4. The van der Waals surface area contributed by atoms with Gasteiger partial charge < -0.3 is 14.2 Å². The second kappa shape index (κ2) is 9.60. The summed E-state index contributed by atoms with van der Waals surface area (Å²) < 4.78 is 15.8. The van der Waals surface area contributed by atoms with Gasteiger partial charge in [0.2, 0.25) is 0 Å². The highest BCUT2D eigenvalue weighted by Gasteiger charge is 2.09. The molecule has 0 aliphatic rings. The van der Waals surface area contributed by atoms with E-state index in [0.717, 1.165) is 6.42 Å². The van der Waals surface area contributed by atoms with Crippen molar-refractivity contribution in [1.29, 1.82) is 0 Å². The lowest BCUT2D eigenvalue weighted by molar-refractivity contribution is -0.151. The Kier molecular flexibility index (Phi) is 9.24. The highest BCUT2D eigenvalue weighted by atomic mass is 16.6. The molecular weight excluding hydrogens is 208 g/mol. The van der Waals surface area contributed by atoms with Crippen LogP contribution < -0.4 is 0 Å². The van der Waals surface area contributed by atoms with E-state index in [9.17, 15) is 4.79 Å². The predicted octanol–water partition coefficient (Wildman–Crippen LogP) is 2.16. The summed E-state index contributed by atoms with van der Waals surface area (Å²) in [5.41, 5.74) is 0. The van der Waals surface area contributed by atoms with E-state index in [1.807, 2.05) is 27.7 Å². The molecule has 0 bridgehead atoms. The molecule has 0 rings (SSSR count). The third kappa shape index (κ3) is 8.68. The first-order valence-electron chi connectivity index (χ1n) is 5.98. The second-order valence-corrected chi connectivity index (χ2v) is 3.85. The lowest BCUT2D eigenvalue weighted by Crippen LogP contribution is -2.23. The van der Waals surface area contributed by atoms with Crippen molar-refractivity contribution in [2.75, 3.05) is 19.8 Å². The van der Waals surface area contributed by atoms with Crippen LogP contribution in [0.5, 0.6) is 0 Å². The molecule has 2 atom stereocenters. The van der Waals surface area contributed by atoms with Gasteiger partial charge in [0.1, 0.15) is 6.10 Å². The van der Waals surface area contributed by atoms with Crippen LogP contribution in [-0.2, 0) is 19.0 Å². The van der Waals surface area contributed by atoms with Crippen LogP contribution in [-0.4, -0.2) is 38.0 Å². The summed E-state index contributed by atoms with van der Waals surface area (Å²) in [6.07, 6.45) is 1.18. The van der Waals surface area contributed by atoms with E-state index in [-0.39, 0.29) is 18.2 Å². The fraction of sp³-hybridized carbons (Fsp3) is 0.917. The predicted molar refractivity (Wildman–Crippen MR) is 62.4 cm³/mol. The van der Waals surface area contributed by atoms with Crippen molar-refractivity contribution < 1.29 is 19.0 Å². The lowest BCUT2D eigenvalue weighted by atomic mass is 10.3. The maximum atomic E-state index is 11.2. The van der Waals surface area contributed by atoms with Crippen LogP contribution in [0.2, 0.25) is 0 Å². The molecule has 0 aliphatic carbocycles. The minimum absolute atomic E-state index is 0.0866. The van der Waals surface area contributed by atoms with Gasteiger partial charge in [-0.3, -0.25) is 4.79 Å². The van der Waals surface area contributed by atoms with Crippen LogP contribution in [0, 0.1) is 0 Å². The summed E-state index contributed by atoms with van der Waals surface area (Å²) >= 11 is 0. The van der Waals surface area contributed by atoms with Gasteiger partial charge in [-0.2, -0.15) is 0 Å². The van der Waals surface area contributed by atoms with E-state index in [1.54, 1.807) is 0 Å². The second-order valence-electron chi connectivity index (χ2n) is 3.85. The van der Waals surface area contributed by atoms with E-state index in [2.05, 4.69) is 0 Å². The zero-order chi connectivity index (χ0) is 12.4. The van der Waals surface area contributed by atoms with Crippen LogP contribution in [0.4, 0.5) is 0 Å². The molecule has 16 heavy (non-hydrogen) atoms. The molecule has 0 amide bonds. The molecule has 0 N–H and O–H groups in total. The largest absolute Gasteiger partial charge is 0.460 e. The zero-order valence-corrected chi connectivity index (χ0v) is 10.8. The van der Waals surface area contributed by atoms with Crippen molar-refractivity contribution in [1.82, 2.24) is 0 Å². The van der Waals surface area contributed by atoms with Gasteiger partial charge in [0.25, 0.3) is 0 Å². The van der Waals surface area contributed by atoms with Gasteiger partial charge in [-0.05, 0) is 27.2 Å². The van der Waals surface area contributed by atoms with Crippen molar-refractivity contribution in [2.24, 2.45) is 0 Å². The molecule has 0 aliphatic heterocycles. The molecule has 4 heteroatoms. The number of esters is 1. The fourth-order valence-corrected chi connectivity index (χ4v) is 1.25. The number of hydrogen-bond donors (Lipinski definition) is 0. The van der Waals surface area contributed by atoms with Gasteiger partial charge in [-0.1, -0.05) is 6.92 Å². The molecule has 0 spiro atoms. The molecule has 0 saturated heterocycles. The number of carbonyl (C=O) groups excluding carboxylic acids is 1. The standard InChI is InChI=1S/C12H24O4/c1-5-7-12(13)16-11(4)9-14-8-10(3)15-6-2/h10-11H,5-9H2,1-4H3. The Labute approximate surface area is 98.3 Å². The minimum atomic E-state index is -0.187. The SMILES string of the molecule is CCCC(=O)OC(C)COCC(C)OCC. The van der Waals surface area contributed by atoms with Gasteiger partial charge >= 0.3 is 5.97 Å². The van der Waals surface area contributed by atoms with Crippen molar-refractivity contribution in [2.45, 2.75) is 52.7 Å². The van der Waals surface area contributed by atoms with E-state index in [0.29, 0.717) is 26.2 Å². The van der Waals surface area contributed by atoms with Crippen molar-refractivity contribution >= 4 is 5.97 Å². The van der Waals surface area contributed by atoms with Gasteiger partial charge in [-0.15, -0.1) is 0 Å². The molecule has 2 unspecified atom stereocenters. The first-order chi connectivity index (χ1) is 7.60. The summed E-state index contributed by atoms with van der Waals surface area (Å²) in [6.45, 7) is 9.33. The third-order valence-electron chi connectivity index (χ3n) is 1.94. The Morgan fingerprint density at radius 2 is 1.75 bits per heavy atom. The first-order valence-corrected chi connectivity index (χ1v) is 5.98. The highest BCUT2D eigenvalue weighted by molar-refractivity contribution is 5.69. The molecule has 0 saturated carbocycles. The van der Waals surface area contributed by atoms with Crippen molar-refractivity contribution in [3.8, 4) is 0 Å². The Morgan fingerprint density at radius 1 is 1.12 bits per heavy atom. The Hall–Kier alpha value is -0.610. The van der Waals surface area contributed by atoms with Gasteiger partial charge in [0.15, 0.2) is 0 Å². The molecule has 96 valence electrons. The summed E-state index contributed by atoms with van der Waals surface area (Å²) in [6, 6.07) is 0. The maximum absolute atomic E-state index is 11.2. The molecule has 0 aromatic heterocycles. The minimum Gasteiger partial charge on any atom is -0.460 e. The van der Waals surface area contributed by atoms with Gasteiger partial charge in [0, 0.05) is 13.0 Å². The average Bonchev–Trinajstić information content (AvgIpc) is 2.18. The smallest absolute Gasteiger partial charge is 0.306 e. The molecule has 0 aromatic carbocycles. The molecule has 0 fully saturated rings. The number of hydrogen-bond acceptors (Lipinski definition) is 4. The normalized spacial score (nSPS) is 14.5. The third-order valence-corrected chi connectivity index (χ3v) is 1.94. The average molecular weight is 232 g/mol. The zero-order valence-electron chi connectivity index (χ0n) is 10.8. The van der Waals surface area contributed by atoms with Gasteiger partial charge in [0.05, 0.1) is 19.3 Å². The van der Waals surface area contributed by atoms with Crippen molar-refractivity contribution in [3.63, 3.8) is 0 Å².